The van der Waals surface area contributed by atoms with Crippen LogP contribution in [0.25, 0.3) is 0 Å². The average molecular weight is 358 g/mol. The molecule has 1 aliphatic rings. The number of aliphatic carboxylic acids is 1. The summed E-state index contributed by atoms with van der Waals surface area (Å²) < 4.78 is 16.0. The van der Waals surface area contributed by atoms with Gasteiger partial charge in [-0.1, -0.05) is 18.5 Å². The second-order valence-corrected chi connectivity index (χ2v) is 5.67. The lowest BCUT2D eigenvalue weighted by Gasteiger charge is -2.33. The maximum Gasteiger partial charge on any atom is 0.328 e. The molecular weight excluding hydrogens is 338 g/mol. The van der Waals surface area contributed by atoms with Crippen LogP contribution in [0.5, 0.6) is 11.5 Å². The Morgan fingerprint density at radius 1 is 1.46 bits per heavy atom. The molecule has 1 saturated heterocycles. The van der Waals surface area contributed by atoms with Crippen molar-refractivity contribution in [2.75, 3.05) is 33.5 Å². The van der Waals surface area contributed by atoms with Crippen LogP contribution in [0.4, 0.5) is 0 Å². The van der Waals surface area contributed by atoms with Gasteiger partial charge in [0.05, 0.1) is 32.0 Å². The molecule has 1 amide bonds. The first-order valence-electron chi connectivity index (χ1n) is 7.61. The normalized spacial score (nSPS) is 17.5. The molecule has 0 unspecified atom stereocenters. The summed E-state index contributed by atoms with van der Waals surface area (Å²) in [5.41, 5.74) is 0.244. The monoisotopic (exact) mass is 357 g/mol. The van der Waals surface area contributed by atoms with Crippen LogP contribution in [0.15, 0.2) is 12.1 Å². The van der Waals surface area contributed by atoms with Crippen molar-refractivity contribution in [3.8, 4) is 11.5 Å². The average Bonchev–Trinajstić information content (AvgIpc) is 2.59. The zero-order valence-electron chi connectivity index (χ0n) is 13.6. The fraction of sp³-hybridized carbons (Fsp3) is 0.500. The summed E-state index contributed by atoms with van der Waals surface area (Å²) >= 11 is 6.21. The predicted molar refractivity (Wildman–Crippen MR) is 87.1 cm³/mol. The van der Waals surface area contributed by atoms with E-state index in [0.717, 1.165) is 6.42 Å². The molecule has 0 aromatic heterocycles. The molecule has 1 aromatic carbocycles. The van der Waals surface area contributed by atoms with Gasteiger partial charge in [0, 0.05) is 12.1 Å². The predicted octanol–water partition coefficient (Wildman–Crippen LogP) is 2.06. The molecular formula is C16H20ClNO6. The van der Waals surface area contributed by atoms with Crippen LogP contribution in [-0.2, 0) is 9.53 Å². The van der Waals surface area contributed by atoms with Crippen LogP contribution in [0.3, 0.4) is 0 Å². The minimum absolute atomic E-state index is 0.0381. The number of carbonyl (C=O) groups is 2. The van der Waals surface area contributed by atoms with E-state index >= 15 is 0 Å². The summed E-state index contributed by atoms with van der Waals surface area (Å²) in [5.74, 6) is -0.842. The molecule has 1 fully saturated rings. The third-order valence-corrected chi connectivity index (χ3v) is 3.88. The van der Waals surface area contributed by atoms with Crippen molar-refractivity contribution >= 4 is 23.5 Å². The molecule has 8 heteroatoms. The number of hydrogen-bond donors (Lipinski definition) is 1. The third-order valence-electron chi connectivity index (χ3n) is 3.60. The van der Waals surface area contributed by atoms with Gasteiger partial charge in [-0.05, 0) is 18.6 Å². The maximum absolute atomic E-state index is 12.7. The van der Waals surface area contributed by atoms with Crippen molar-refractivity contribution in [2.24, 2.45) is 0 Å². The highest BCUT2D eigenvalue weighted by atomic mass is 35.5. The van der Waals surface area contributed by atoms with E-state index in [1.807, 2.05) is 6.92 Å². The first-order chi connectivity index (χ1) is 11.5. The molecule has 0 spiro atoms. The number of carboxylic acids is 1. The van der Waals surface area contributed by atoms with Crippen LogP contribution in [0, 0.1) is 0 Å². The highest BCUT2D eigenvalue weighted by molar-refractivity contribution is 6.32. The Morgan fingerprint density at radius 2 is 2.21 bits per heavy atom. The Labute approximate surface area is 145 Å². The van der Waals surface area contributed by atoms with Crippen LogP contribution < -0.4 is 9.47 Å². The largest absolute Gasteiger partial charge is 0.493 e. The van der Waals surface area contributed by atoms with Crippen molar-refractivity contribution < 1.29 is 28.9 Å². The van der Waals surface area contributed by atoms with Gasteiger partial charge in [0.25, 0.3) is 5.91 Å². The number of rotatable bonds is 6. The fourth-order valence-electron chi connectivity index (χ4n) is 2.40. The molecule has 0 bridgehead atoms. The summed E-state index contributed by atoms with van der Waals surface area (Å²) in [5, 5.41) is 9.50. The molecule has 1 heterocycles. The van der Waals surface area contributed by atoms with Gasteiger partial charge in [-0.15, -0.1) is 0 Å². The lowest BCUT2D eigenvalue weighted by atomic mass is 10.1. The molecule has 0 saturated carbocycles. The van der Waals surface area contributed by atoms with E-state index in [9.17, 15) is 14.7 Å². The lowest BCUT2D eigenvalue weighted by molar-refractivity contribution is -0.147. The number of amides is 1. The first-order valence-corrected chi connectivity index (χ1v) is 7.99. The summed E-state index contributed by atoms with van der Waals surface area (Å²) in [6.07, 6.45) is 0.800. The number of carboxylic acid groups (broad SMARTS) is 1. The first kappa shape index (κ1) is 18.4. The molecule has 2 rings (SSSR count). The van der Waals surface area contributed by atoms with Gasteiger partial charge in [-0.25, -0.2) is 4.79 Å². The highest BCUT2D eigenvalue weighted by Crippen LogP contribution is 2.37. The third kappa shape index (κ3) is 3.91. The summed E-state index contributed by atoms with van der Waals surface area (Å²) in [4.78, 5) is 25.3. The number of carbonyl (C=O) groups excluding carboxylic acids is 1. The molecule has 0 radical (unpaired) electrons. The number of benzene rings is 1. The molecule has 7 nitrogen and oxygen atoms in total. The second kappa shape index (κ2) is 8.21. The fourth-order valence-corrected chi connectivity index (χ4v) is 2.67. The van der Waals surface area contributed by atoms with E-state index in [4.69, 9.17) is 25.8 Å². The molecule has 1 N–H and O–H groups in total. The zero-order chi connectivity index (χ0) is 17.7. The summed E-state index contributed by atoms with van der Waals surface area (Å²) in [6, 6.07) is 1.95. The summed E-state index contributed by atoms with van der Waals surface area (Å²) in [7, 11) is 1.45. The van der Waals surface area contributed by atoms with E-state index in [2.05, 4.69) is 0 Å². The number of ether oxygens (including phenoxy) is 3. The Kier molecular flexibility index (Phi) is 6.28. The van der Waals surface area contributed by atoms with Crippen LogP contribution in [-0.4, -0.2) is 61.4 Å². The SMILES string of the molecule is CCCOc1c(Cl)cc(C(=O)N2CCOC[C@@H]2C(=O)O)cc1OC. The number of hydrogen-bond acceptors (Lipinski definition) is 5. The van der Waals surface area contributed by atoms with Crippen LogP contribution >= 0.6 is 11.6 Å². The highest BCUT2D eigenvalue weighted by Gasteiger charge is 2.33. The minimum Gasteiger partial charge on any atom is -0.493 e. The Hall–Kier alpha value is -1.99. The quantitative estimate of drug-likeness (QED) is 0.838. The van der Waals surface area contributed by atoms with Crippen LogP contribution in [0.1, 0.15) is 23.7 Å². The van der Waals surface area contributed by atoms with Crippen molar-refractivity contribution in [3.63, 3.8) is 0 Å². The van der Waals surface area contributed by atoms with Gasteiger partial charge >= 0.3 is 5.97 Å². The van der Waals surface area contributed by atoms with Gasteiger partial charge < -0.3 is 24.2 Å². The van der Waals surface area contributed by atoms with Gasteiger partial charge in [0.1, 0.15) is 0 Å². The summed E-state index contributed by atoms with van der Waals surface area (Å²) in [6.45, 7) is 2.88. The van der Waals surface area contributed by atoms with Crippen molar-refractivity contribution in [2.45, 2.75) is 19.4 Å². The molecule has 132 valence electrons. The molecule has 1 aliphatic heterocycles. The number of morpholine rings is 1. The Balaban J connectivity index is 2.31. The molecule has 24 heavy (non-hydrogen) atoms. The topological polar surface area (TPSA) is 85.3 Å². The number of halogens is 1. The van der Waals surface area contributed by atoms with Gasteiger partial charge in [-0.3, -0.25) is 4.79 Å². The van der Waals surface area contributed by atoms with E-state index in [-0.39, 0.29) is 30.3 Å². The van der Waals surface area contributed by atoms with E-state index in [1.54, 1.807) is 0 Å². The standard InChI is InChI=1S/C16H20ClNO6/c1-3-5-24-14-11(17)7-10(8-13(14)22-2)15(19)18-4-6-23-9-12(18)16(20)21/h7-8,12H,3-6,9H2,1-2H3,(H,20,21)/t12-/m1/s1. The van der Waals surface area contributed by atoms with Crippen molar-refractivity contribution in [1.82, 2.24) is 4.90 Å². The van der Waals surface area contributed by atoms with Gasteiger partial charge in [-0.2, -0.15) is 0 Å². The zero-order valence-corrected chi connectivity index (χ0v) is 14.3. The number of nitrogens with zero attached hydrogens (tertiary/aromatic N) is 1. The Morgan fingerprint density at radius 3 is 2.83 bits per heavy atom. The number of methoxy groups -OCH3 is 1. The van der Waals surface area contributed by atoms with Crippen molar-refractivity contribution in [1.29, 1.82) is 0 Å². The lowest BCUT2D eigenvalue weighted by Crippen LogP contribution is -2.52. The maximum atomic E-state index is 12.7. The van der Waals surface area contributed by atoms with E-state index in [0.29, 0.717) is 18.1 Å². The molecule has 0 aliphatic carbocycles. The van der Waals surface area contributed by atoms with Gasteiger partial charge in [0.15, 0.2) is 17.5 Å². The second-order valence-electron chi connectivity index (χ2n) is 5.27. The Bertz CT molecular complexity index is 621. The molecule has 1 atom stereocenters. The minimum atomic E-state index is -1.11. The van der Waals surface area contributed by atoms with Crippen LogP contribution in [0.2, 0.25) is 5.02 Å². The molecule has 1 aromatic rings. The van der Waals surface area contributed by atoms with Crippen molar-refractivity contribution in [3.05, 3.63) is 22.7 Å². The smallest absolute Gasteiger partial charge is 0.328 e. The van der Waals surface area contributed by atoms with E-state index in [1.165, 1.54) is 24.1 Å². The van der Waals surface area contributed by atoms with Gasteiger partial charge in [0.2, 0.25) is 0 Å². The van der Waals surface area contributed by atoms with E-state index < -0.39 is 17.9 Å².